The van der Waals surface area contributed by atoms with Gasteiger partial charge < -0.3 is 9.47 Å². The van der Waals surface area contributed by atoms with Crippen LogP contribution in [0.2, 0.25) is 5.02 Å². The molecular formula is C12H15ClO3. The fraction of sp³-hybridized carbons (Fsp3) is 0.417. The van der Waals surface area contributed by atoms with E-state index in [-0.39, 0.29) is 0 Å². The zero-order valence-corrected chi connectivity index (χ0v) is 10.6. The predicted octanol–water partition coefficient (Wildman–Crippen LogP) is 3.30. The molecule has 0 aromatic heterocycles. The number of hydrogen-bond donors (Lipinski definition) is 0. The van der Waals surface area contributed by atoms with Crippen molar-refractivity contribution in [3.63, 3.8) is 0 Å². The molecule has 0 N–H and O–H groups in total. The number of carbonyl (C=O) groups is 1. The van der Waals surface area contributed by atoms with Gasteiger partial charge in [0.25, 0.3) is 0 Å². The molecular weight excluding hydrogens is 228 g/mol. The molecule has 0 aliphatic carbocycles. The van der Waals surface area contributed by atoms with Crippen molar-refractivity contribution in [3.8, 4) is 5.75 Å². The summed E-state index contributed by atoms with van der Waals surface area (Å²) >= 11 is 5.83. The number of esters is 1. The van der Waals surface area contributed by atoms with Crippen molar-refractivity contribution in [1.29, 1.82) is 0 Å². The topological polar surface area (TPSA) is 35.5 Å². The summed E-state index contributed by atoms with van der Waals surface area (Å²) in [5.41, 5.74) is -0.199. The summed E-state index contributed by atoms with van der Waals surface area (Å²) in [5.74, 6) is 0.0190. The summed E-state index contributed by atoms with van der Waals surface area (Å²) in [5, 5.41) is 0.474. The molecule has 0 aliphatic rings. The van der Waals surface area contributed by atoms with Gasteiger partial charge in [-0.05, 0) is 39.0 Å². The van der Waals surface area contributed by atoms with Crippen LogP contribution in [0.1, 0.15) is 31.1 Å². The van der Waals surface area contributed by atoms with E-state index in [9.17, 15) is 4.79 Å². The summed E-state index contributed by atoms with van der Waals surface area (Å²) < 4.78 is 10.3. The molecule has 0 amide bonds. The predicted molar refractivity (Wildman–Crippen MR) is 63.2 cm³/mol. The molecule has 0 bridgehead atoms. The molecule has 0 saturated heterocycles. The van der Waals surface area contributed by atoms with Crippen LogP contribution in [0.3, 0.4) is 0 Å². The number of benzene rings is 1. The van der Waals surface area contributed by atoms with E-state index < -0.39 is 11.6 Å². The first kappa shape index (κ1) is 12.8. The summed E-state index contributed by atoms with van der Waals surface area (Å²) in [6.07, 6.45) is 0. The summed E-state index contributed by atoms with van der Waals surface area (Å²) in [6, 6.07) is 4.84. The first-order valence-electron chi connectivity index (χ1n) is 4.90. The molecule has 0 spiro atoms. The van der Waals surface area contributed by atoms with E-state index in [1.165, 1.54) is 13.2 Å². The van der Waals surface area contributed by atoms with Crippen LogP contribution >= 0.6 is 11.6 Å². The van der Waals surface area contributed by atoms with Crippen molar-refractivity contribution in [2.24, 2.45) is 0 Å². The van der Waals surface area contributed by atoms with Crippen LogP contribution in [-0.4, -0.2) is 18.7 Å². The first-order valence-corrected chi connectivity index (χ1v) is 5.28. The second-order valence-corrected chi connectivity index (χ2v) is 4.78. The van der Waals surface area contributed by atoms with Crippen LogP contribution in [-0.2, 0) is 4.74 Å². The number of hydrogen-bond acceptors (Lipinski definition) is 3. The monoisotopic (exact) mass is 242 g/mol. The quantitative estimate of drug-likeness (QED) is 0.747. The average Bonchev–Trinajstić information content (AvgIpc) is 2.15. The smallest absolute Gasteiger partial charge is 0.342 e. The van der Waals surface area contributed by atoms with Crippen LogP contribution in [0, 0.1) is 0 Å². The van der Waals surface area contributed by atoms with Crippen molar-refractivity contribution < 1.29 is 14.3 Å². The Balaban J connectivity index is 3.02. The van der Waals surface area contributed by atoms with E-state index in [1.807, 2.05) is 20.8 Å². The first-order chi connectivity index (χ1) is 7.33. The lowest BCUT2D eigenvalue weighted by Gasteiger charge is -2.20. The zero-order chi connectivity index (χ0) is 12.3. The van der Waals surface area contributed by atoms with Crippen LogP contribution in [0.5, 0.6) is 5.75 Å². The Hall–Kier alpha value is -1.22. The van der Waals surface area contributed by atoms with Gasteiger partial charge in [-0.15, -0.1) is 0 Å². The summed E-state index contributed by atoms with van der Waals surface area (Å²) in [7, 11) is 1.50. The van der Waals surface area contributed by atoms with Gasteiger partial charge in [-0.3, -0.25) is 0 Å². The Bertz CT molecular complexity index is 394. The Kier molecular flexibility index (Phi) is 3.81. The fourth-order valence-corrected chi connectivity index (χ4v) is 1.34. The zero-order valence-electron chi connectivity index (χ0n) is 9.83. The van der Waals surface area contributed by atoms with Crippen molar-refractivity contribution >= 4 is 17.6 Å². The fourth-order valence-electron chi connectivity index (χ4n) is 1.17. The van der Waals surface area contributed by atoms with Crippen molar-refractivity contribution in [2.45, 2.75) is 26.4 Å². The maximum absolute atomic E-state index is 11.8. The van der Waals surface area contributed by atoms with Gasteiger partial charge in [0.15, 0.2) is 0 Å². The Morgan fingerprint density at radius 2 is 1.94 bits per heavy atom. The Morgan fingerprint density at radius 3 is 2.44 bits per heavy atom. The Labute approximate surface area is 100 Å². The Morgan fingerprint density at radius 1 is 1.31 bits per heavy atom. The molecule has 4 heteroatoms. The number of rotatable bonds is 2. The highest BCUT2D eigenvalue weighted by molar-refractivity contribution is 6.31. The van der Waals surface area contributed by atoms with Crippen molar-refractivity contribution in [1.82, 2.24) is 0 Å². The van der Waals surface area contributed by atoms with E-state index in [2.05, 4.69) is 0 Å². The van der Waals surface area contributed by atoms with Crippen LogP contribution in [0.25, 0.3) is 0 Å². The third-order valence-electron chi connectivity index (χ3n) is 1.78. The highest BCUT2D eigenvalue weighted by Crippen LogP contribution is 2.24. The third-order valence-corrected chi connectivity index (χ3v) is 2.02. The van der Waals surface area contributed by atoms with Crippen molar-refractivity contribution in [3.05, 3.63) is 28.8 Å². The van der Waals surface area contributed by atoms with Crippen LogP contribution in [0.4, 0.5) is 0 Å². The molecule has 1 aromatic rings. The lowest BCUT2D eigenvalue weighted by Crippen LogP contribution is -2.24. The number of methoxy groups -OCH3 is 1. The SMILES string of the molecule is COc1ccc(Cl)cc1C(=O)OC(C)(C)C. The molecule has 3 nitrogen and oxygen atoms in total. The van der Waals surface area contributed by atoms with Gasteiger partial charge in [0.1, 0.15) is 16.9 Å². The normalized spacial score (nSPS) is 11.1. The molecule has 0 aliphatic heterocycles. The van der Waals surface area contributed by atoms with Gasteiger partial charge in [0.05, 0.1) is 7.11 Å². The third kappa shape index (κ3) is 3.42. The van der Waals surface area contributed by atoms with Crippen LogP contribution in [0.15, 0.2) is 18.2 Å². The second-order valence-electron chi connectivity index (χ2n) is 4.35. The van der Waals surface area contributed by atoms with Gasteiger partial charge in [-0.25, -0.2) is 4.79 Å². The van der Waals surface area contributed by atoms with E-state index in [1.54, 1.807) is 12.1 Å². The summed E-state index contributed by atoms with van der Waals surface area (Å²) in [4.78, 5) is 11.8. The standard InChI is InChI=1S/C12H15ClO3/c1-12(2,3)16-11(14)9-7-8(13)5-6-10(9)15-4/h5-7H,1-4H3. The highest BCUT2D eigenvalue weighted by Gasteiger charge is 2.21. The van der Waals surface area contributed by atoms with Gasteiger partial charge in [-0.2, -0.15) is 0 Å². The van der Waals surface area contributed by atoms with E-state index in [0.29, 0.717) is 16.3 Å². The average molecular weight is 243 g/mol. The molecule has 0 fully saturated rings. The number of halogens is 1. The molecule has 0 heterocycles. The molecule has 1 rings (SSSR count). The van der Waals surface area contributed by atoms with E-state index >= 15 is 0 Å². The maximum atomic E-state index is 11.8. The molecule has 0 saturated carbocycles. The molecule has 88 valence electrons. The van der Waals surface area contributed by atoms with Crippen LogP contribution < -0.4 is 4.74 Å². The van der Waals surface area contributed by atoms with Crippen molar-refractivity contribution in [2.75, 3.05) is 7.11 Å². The molecule has 0 atom stereocenters. The number of carbonyl (C=O) groups excluding carboxylic acids is 1. The molecule has 16 heavy (non-hydrogen) atoms. The van der Waals surface area contributed by atoms with Gasteiger partial charge in [0, 0.05) is 5.02 Å². The largest absolute Gasteiger partial charge is 0.496 e. The maximum Gasteiger partial charge on any atom is 0.342 e. The molecule has 0 unspecified atom stereocenters. The van der Waals surface area contributed by atoms with E-state index in [4.69, 9.17) is 21.1 Å². The van der Waals surface area contributed by atoms with Gasteiger partial charge >= 0.3 is 5.97 Å². The number of ether oxygens (including phenoxy) is 2. The minimum atomic E-state index is -0.537. The lowest BCUT2D eigenvalue weighted by atomic mass is 10.1. The van der Waals surface area contributed by atoms with E-state index in [0.717, 1.165) is 0 Å². The van der Waals surface area contributed by atoms with Gasteiger partial charge in [-0.1, -0.05) is 11.6 Å². The second kappa shape index (κ2) is 4.74. The highest BCUT2D eigenvalue weighted by atomic mass is 35.5. The minimum absolute atomic E-state index is 0.338. The lowest BCUT2D eigenvalue weighted by molar-refractivity contribution is 0.00665. The molecule has 1 aromatic carbocycles. The summed E-state index contributed by atoms with van der Waals surface area (Å²) in [6.45, 7) is 5.42. The van der Waals surface area contributed by atoms with Gasteiger partial charge in [0.2, 0.25) is 0 Å². The molecule has 0 radical (unpaired) electrons. The minimum Gasteiger partial charge on any atom is -0.496 e.